The Morgan fingerprint density at radius 3 is 2.06 bits per heavy atom. The molecule has 31 heavy (non-hydrogen) atoms. The van der Waals surface area contributed by atoms with Crippen molar-refractivity contribution in [2.24, 2.45) is 0 Å². The van der Waals surface area contributed by atoms with E-state index in [-0.39, 0.29) is 18.3 Å². The summed E-state index contributed by atoms with van der Waals surface area (Å²) in [6, 6.07) is 11.2. The molecule has 166 valence electrons. The van der Waals surface area contributed by atoms with Gasteiger partial charge in [0.05, 0.1) is 12.1 Å². The molecule has 0 aromatic heterocycles. The van der Waals surface area contributed by atoms with Crippen molar-refractivity contribution in [1.29, 1.82) is 0 Å². The lowest BCUT2D eigenvalue weighted by Gasteiger charge is -2.20. The van der Waals surface area contributed by atoms with Crippen LogP contribution in [0, 0.1) is 0 Å². The van der Waals surface area contributed by atoms with Crippen LogP contribution in [0.25, 0.3) is 0 Å². The molecule has 9 heteroatoms. The van der Waals surface area contributed by atoms with Crippen LogP contribution in [0.2, 0.25) is 0 Å². The molecule has 1 aliphatic heterocycles. The number of carbonyl (C=O) groups excluding carboxylic acids is 2. The third-order valence-corrected chi connectivity index (χ3v) is 4.96. The number of likely N-dealkylation sites (tertiary alicyclic amines) is 1. The molecule has 3 amide bonds. The van der Waals surface area contributed by atoms with E-state index in [9.17, 15) is 22.8 Å². The van der Waals surface area contributed by atoms with Crippen molar-refractivity contribution >= 4 is 29.0 Å². The number of nitrogens with zero attached hydrogens (tertiary/aromatic N) is 1. The summed E-state index contributed by atoms with van der Waals surface area (Å²) in [6.07, 6.45) is -0.147. The lowest BCUT2D eigenvalue weighted by Crippen LogP contribution is -2.35. The molecule has 1 fully saturated rings. The van der Waals surface area contributed by atoms with Gasteiger partial charge in [-0.05, 0) is 55.3 Å². The molecule has 2 aromatic carbocycles. The average Bonchev–Trinajstić information content (AvgIpc) is 3.03. The number of hydrogen-bond donors (Lipinski definition) is 3. The van der Waals surface area contributed by atoms with Crippen molar-refractivity contribution in [2.45, 2.75) is 31.9 Å². The summed E-state index contributed by atoms with van der Waals surface area (Å²) in [7, 11) is 0. The molecule has 0 unspecified atom stereocenters. The first-order valence-electron chi connectivity index (χ1n) is 10.2. The topological polar surface area (TPSA) is 73.5 Å². The van der Waals surface area contributed by atoms with E-state index in [0.717, 1.165) is 50.9 Å². The van der Waals surface area contributed by atoms with Crippen LogP contribution < -0.4 is 16.0 Å². The molecular formula is C22H25F3N4O2. The maximum atomic E-state index is 12.8. The number of carbonyl (C=O) groups is 2. The predicted octanol–water partition coefficient (Wildman–Crippen LogP) is 5.16. The molecule has 2 aromatic rings. The molecule has 0 bridgehead atoms. The van der Waals surface area contributed by atoms with Crippen LogP contribution in [0.4, 0.5) is 35.0 Å². The molecule has 1 aliphatic rings. The van der Waals surface area contributed by atoms with E-state index in [2.05, 4.69) is 16.0 Å². The first-order valence-corrected chi connectivity index (χ1v) is 10.2. The highest BCUT2D eigenvalue weighted by molar-refractivity contribution is 5.94. The van der Waals surface area contributed by atoms with Gasteiger partial charge in [-0.1, -0.05) is 18.9 Å². The fourth-order valence-corrected chi connectivity index (χ4v) is 3.31. The Morgan fingerprint density at radius 1 is 0.839 bits per heavy atom. The van der Waals surface area contributed by atoms with E-state index in [1.807, 2.05) is 4.90 Å². The maximum absolute atomic E-state index is 12.8. The van der Waals surface area contributed by atoms with Crippen LogP contribution in [0.3, 0.4) is 0 Å². The van der Waals surface area contributed by atoms with Crippen molar-refractivity contribution in [3.63, 3.8) is 0 Å². The van der Waals surface area contributed by atoms with Gasteiger partial charge in [-0.2, -0.15) is 13.2 Å². The summed E-state index contributed by atoms with van der Waals surface area (Å²) in [5, 5.41) is 8.20. The molecular weight excluding hydrogens is 409 g/mol. The zero-order valence-corrected chi connectivity index (χ0v) is 17.0. The second-order valence-corrected chi connectivity index (χ2v) is 7.39. The van der Waals surface area contributed by atoms with Gasteiger partial charge < -0.3 is 20.9 Å². The normalized spacial score (nSPS) is 14.5. The fourth-order valence-electron chi connectivity index (χ4n) is 3.31. The number of hydrogen-bond acceptors (Lipinski definition) is 3. The van der Waals surface area contributed by atoms with Gasteiger partial charge in [0.2, 0.25) is 5.91 Å². The summed E-state index contributed by atoms with van der Waals surface area (Å²) < 4.78 is 38.3. The summed E-state index contributed by atoms with van der Waals surface area (Å²) >= 11 is 0. The van der Waals surface area contributed by atoms with Crippen molar-refractivity contribution in [3.05, 3.63) is 54.1 Å². The number of benzene rings is 2. The van der Waals surface area contributed by atoms with Gasteiger partial charge in [-0.25, -0.2) is 4.79 Å². The van der Waals surface area contributed by atoms with Crippen LogP contribution in [0.15, 0.2) is 48.5 Å². The van der Waals surface area contributed by atoms with Crippen LogP contribution in [0.1, 0.15) is 31.2 Å². The SMILES string of the molecule is O=C(CNc1cccc(C(F)(F)F)c1)Nc1ccc(NC(=O)N2CCCCCC2)cc1. The molecule has 0 spiro atoms. The van der Waals surface area contributed by atoms with Crippen molar-refractivity contribution in [3.8, 4) is 0 Å². The zero-order valence-electron chi connectivity index (χ0n) is 17.0. The third kappa shape index (κ3) is 6.91. The minimum Gasteiger partial charge on any atom is -0.376 e. The van der Waals surface area contributed by atoms with Crippen molar-refractivity contribution < 1.29 is 22.8 Å². The molecule has 0 saturated carbocycles. The van der Waals surface area contributed by atoms with E-state index in [1.165, 1.54) is 12.1 Å². The number of nitrogens with one attached hydrogen (secondary N) is 3. The number of rotatable bonds is 5. The average molecular weight is 434 g/mol. The second kappa shape index (κ2) is 10.2. The van der Waals surface area contributed by atoms with Gasteiger partial charge in [-0.3, -0.25) is 4.79 Å². The lowest BCUT2D eigenvalue weighted by atomic mass is 10.2. The van der Waals surface area contributed by atoms with E-state index < -0.39 is 17.6 Å². The number of alkyl halides is 3. The first kappa shape index (κ1) is 22.5. The van der Waals surface area contributed by atoms with Crippen LogP contribution in [0.5, 0.6) is 0 Å². The maximum Gasteiger partial charge on any atom is 0.416 e. The first-order chi connectivity index (χ1) is 14.8. The molecule has 1 saturated heterocycles. The third-order valence-electron chi connectivity index (χ3n) is 4.96. The van der Waals surface area contributed by atoms with Gasteiger partial charge >= 0.3 is 12.2 Å². The van der Waals surface area contributed by atoms with E-state index >= 15 is 0 Å². The van der Waals surface area contributed by atoms with Crippen LogP contribution in [-0.2, 0) is 11.0 Å². The van der Waals surface area contributed by atoms with Gasteiger partial charge in [0.1, 0.15) is 0 Å². The number of halogens is 3. The molecule has 1 heterocycles. The summed E-state index contributed by atoms with van der Waals surface area (Å²) in [5.41, 5.74) is 0.560. The smallest absolute Gasteiger partial charge is 0.376 e. The van der Waals surface area contributed by atoms with Gasteiger partial charge in [0.25, 0.3) is 0 Å². The fraction of sp³-hybridized carbons (Fsp3) is 0.364. The quantitative estimate of drug-likeness (QED) is 0.608. The van der Waals surface area contributed by atoms with E-state index in [1.54, 1.807) is 24.3 Å². The predicted molar refractivity (Wildman–Crippen MR) is 114 cm³/mol. The molecule has 3 N–H and O–H groups in total. The Labute approximate surface area is 178 Å². The largest absolute Gasteiger partial charge is 0.416 e. The molecule has 0 atom stereocenters. The Morgan fingerprint density at radius 2 is 1.45 bits per heavy atom. The van der Waals surface area contributed by atoms with Gasteiger partial charge in [0.15, 0.2) is 0 Å². The minimum atomic E-state index is -4.44. The highest BCUT2D eigenvalue weighted by Crippen LogP contribution is 2.30. The van der Waals surface area contributed by atoms with Crippen molar-refractivity contribution in [1.82, 2.24) is 4.90 Å². The van der Waals surface area contributed by atoms with Crippen LogP contribution in [-0.4, -0.2) is 36.5 Å². The zero-order chi connectivity index (χ0) is 22.3. The van der Waals surface area contributed by atoms with Gasteiger partial charge in [-0.15, -0.1) is 0 Å². The number of anilines is 3. The molecule has 6 nitrogen and oxygen atoms in total. The minimum absolute atomic E-state index is 0.135. The molecule has 0 radical (unpaired) electrons. The summed E-state index contributed by atoms with van der Waals surface area (Å²) in [5.74, 6) is -0.404. The Balaban J connectivity index is 1.48. The highest BCUT2D eigenvalue weighted by atomic mass is 19.4. The van der Waals surface area contributed by atoms with Crippen LogP contribution >= 0.6 is 0 Å². The molecule has 0 aliphatic carbocycles. The van der Waals surface area contributed by atoms with E-state index in [4.69, 9.17) is 0 Å². The second-order valence-electron chi connectivity index (χ2n) is 7.39. The van der Waals surface area contributed by atoms with Crippen molar-refractivity contribution in [2.75, 3.05) is 35.6 Å². The monoisotopic (exact) mass is 434 g/mol. The Hall–Kier alpha value is -3.23. The van der Waals surface area contributed by atoms with E-state index in [0.29, 0.717) is 11.4 Å². The summed E-state index contributed by atoms with van der Waals surface area (Å²) in [6.45, 7) is 1.31. The molecule has 3 rings (SSSR count). The Bertz CT molecular complexity index is 892. The highest BCUT2D eigenvalue weighted by Gasteiger charge is 2.30. The summed E-state index contributed by atoms with van der Waals surface area (Å²) in [4.78, 5) is 26.3. The Kier molecular flexibility index (Phi) is 7.38. The number of amides is 3. The van der Waals surface area contributed by atoms with Gasteiger partial charge in [0, 0.05) is 30.2 Å². The number of urea groups is 1. The lowest BCUT2D eigenvalue weighted by molar-refractivity contribution is -0.137. The standard InChI is InChI=1S/C22H25F3N4O2/c23-22(24,25)16-6-5-7-19(14-16)26-15-20(30)27-17-8-10-18(11-9-17)28-21(31)29-12-3-1-2-4-13-29/h5-11,14,26H,1-4,12-13,15H2,(H,27,30)(H,28,31).